The normalized spacial score (nSPS) is 14.7. The highest BCUT2D eigenvalue weighted by molar-refractivity contribution is 6.24. The number of rotatable bonds is 9. The molecule has 40 heavy (non-hydrogen) atoms. The third-order valence-corrected chi connectivity index (χ3v) is 6.98. The molecular formula is C33H31FN4O2. The monoisotopic (exact) mass is 534 g/mol. The Hall–Kier alpha value is -4.62. The molecule has 6 nitrogen and oxygen atoms in total. The average molecular weight is 535 g/mol. The summed E-state index contributed by atoms with van der Waals surface area (Å²) in [5, 5.41) is 2.79. The molecule has 4 aromatic rings. The Balaban J connectivity index is 1.38. The average Bonchev–Trinajstić information content (AvgIpc) is 3.27. The highest BCUT2D eigenvalue weighted by Gasteiger charge is 2.35. The highest BCUT2D eigenvalue weighted by atomic mass is 19.1. The topological polar surface area (TPSA) is 65.0 Å². The van der Waals surface area contributed by atoms with Gasteiger partial charge >= 0.3 is 0 Å². The van der Waals surface area contributed by atoms with Gasteiger partial charge in [0.05, 0.1) is 11.4 Å². The zero-order valence-electron chi connectivity index (χ0n) is 22.5. The summed E-state index contributed by atoms with van der Waals surface area (Å²) in [4.78, 5) is 34.4. The fraction of sp³-hybridized carbons (Fsp3) is 0.182. The third-order valence-electron chi connectivity index (χ3n) is 6.98. The predicted molar refractivity (Wildman–Crippen MR) is 158 cm³/mol. The maximum Gasteiger partial charge on any atom is 0.238 e. The van der Waals surface area contributed by atoms with Gasteiger partial charge in [-0.15, -0.1) is 0 Å². The fourth-order valence-corrected chi connectivity index (χ4v) is 4.97. The number of fused-ring (bicyclic) bond motifs is 1. The van der Waals surface area contributed by atoms with Crippen LogP contribution in [-0.4, -0.2) is 42.6 Å². The summed E-state index contributed by atoms with van der Waals surface area (Å²) in [7, 11) is 2.04. The van der Waals surface area contributed by atoms with E-state index in [9.17, 15) is 14.0 Å². The van der Waals surface area contributed by atoms with Crippen molar-refractivity contribution < 1.29 is 14.0 Å². The molecule has 0 bridgehead atoms. The zero-order valence-corrected chi connectivity index (χ0v) is 22.5. The number of benzene rings is 4. The lowest BCUT2D eigenvalue weighted by Gasteiger charge is -2.25. The lowest BCUT2D eigenvalue weighted by Crippen LogP contribution is -2.36. The van der Waals surface area contributed by atoms with Crippen LogP contribution in [0.3, 0.4) is 0 Å². The van der Waals surface area contributed by atoms with E-state index in [1.807, 2.05) is 79.8 Å². The Kier molecular flexibility index (Phi) is 8.12. The molecule has 4 aromatic carbocycles. The van der Waals surface area contributed by atoms with Crippen molar-refractivity contribution in [1.82, 2.24) is 4.90 Å². The Bertz CT molecular complexity index is 1520. The van der Waals surface area contributed by atoms with Crippen LogP contribution < -0.4 is 10.2 Å². The van der Waals surface area contributed by atoms with E-state index < -0.39 is 11.7 Å². The Labute approximate surface area is 233 Å². The standard InChI is InChI=1S/C33H31FN4O2/c1-23(39)38(20-19-37(2)22-24-9-5-3-6-10-24)28-16-14-27(15-17-28)35-32(25-11-7-4-8-12-25)31-29-18-13-26(34)21-30(29)36-33(31)40/h3-18,21,31H,19-20,22H2,1-2H3,(H,36,40). The van der Waals surface area contributed by atoms with Crippen molar-refractivity contribution in [3.8, 4) is 0 Å². The van der Waals surface area contributed by atoms with Gasteiger partial charge in [-0.1, -0.05) is 66.7 Å². The molecule has 0 saturated heterocycles. The fourth-order valence-electron chi connectivity index (χ4n) is 4.97. The first-order chi connectivity index (χ1) is 19.4. The minimum absolute atomic E-state index is 0.0409. The summed E-state index contributed by atoms with van der Waals surface area (Å²) in [6.07, 6.45) is 0. The van der Waals surface area contributed by atoms with Crippen LogP contribution in [0.1, 0.15) is 29.5 Å². The van der Waals surface area contributed by atoms with Crippen LogP contribution in [0.2, 0.25) is 0 Å². The first kappa shape index (κ1) is 27.0. The second-order valence-electron chi connectivity index (χ2n) is 9.93. The number of anilines is 2. The molecule has 7 heteroatoms. The van der Waals surface area contributed by atoms with Crippen LogP contribution >= 0.6 is 0 Å². The summed E-state index contributed by atoms with van der Waals surface area (Å²) >= 11 is 0. The lowest BCUT2D eigenvalue weighted by molar-refractivity contribution is -0.117. The van der Waals surface area contributed by atoms with E-state index in [0.29, 0.717) is 35.7 Å². The van der Waals surface area contributed by atoms with Crippen LogP contribution in [-0.2, 0) is 16.1 Å². The Morgan fingerprint density at radius 3 is 2.25 bits per heavy atom. The van der Waals surface area contributed by atoms with E-state index in [2.05, 4.69) is 22.3 Å². The van der Waals surface area contributed by atoms with Crippen molar-refractivity contribution in [1.29, 1.82) is 0 Å². The molecule has 2 amide bonds. The van der Waals surface area contributed by atoms with Gasteiger partial charge in [0.25, 0.3) is 0 Å². The lowest BCUT2D eigenvalue weighted by atomic mass is 9.90. The first-order valence-corrected chi connectivity index (χ1v) is 13.2. The van der Waals surface area contributed by atoms with Gasteiger partial charge < -0.3 is 15.1 Å². The van der Waals surface area contributed by atoms with Crippen molar-refractivity contribution in [2.75, 3.05) is 30.4 Å². The number of nitrogens with one attached hydrogen (secondary N) is 1. The maximum absolute atomic E-state index is 13.8. The van der Waals surface area contributed by atoms with Crippen molar-refractivity contribution in [2.45, 2.75) is 19.4 Å². The molecule has 1 N–H and O–H groups in total. The molecule has 1 heterocycles. The van der Waals surface area contributed by atoms with Crippen molar-refractivity contribution in [3.63, 3.8) is 0 Å². The summed E-state index contributed by atoms with van der Waals surface area (Å²) < 4.78 is 13.8. The number of nitrogens with zero attached hydrogens (tertiary/aromatic N) is 3. The quantitative estimate of drug-likeness (QED) is 0.261. The Morgan fingerprint density at radius 2 is 1.57 bits per heavy atom. The van der Waals surface area contributed by atoms with Gasteiger partial charge in [-0.3, -0.25) is 14.6 Å². The molecule has 0 aliphatic carbocycles. The number of carbonyl (C=O) groups is 2. The molecule has 1 aliphatic rings. The first-order valence-electron chi connectivity index (χ1n) is 13.2. The van der Waals surface area contributed by atoms with E-state index >= 15 is 0 Å². The van der Waals surface area contributed by atoms with E-state index in [4.69, 9.17) is 4.99 Å². The second-order valence-corrected chi connectivity index (χ2v) is 9.93. The molecule has 5 rings (SSSR count). The van der Waals surface area contributed by atoms with E-state index in [1.165, 1.54) is 17.7 Å². The van der Waals surface area contributed by atoms with Crippen LogP contribution in [0.15, 0.2) is 108 Å². The Morgan fingerprint density at radius 1 is 0.900 bits per heavy atom. The van der Waals surface area contributed by atoms with E-state index in [1.54, 1.807) is 17.9 Å². The number of likely N-dealkylation sites (N-methyl/N-ethyl adjacent to an activating group) is 1. The van der Waals surface area contributed by atoms with Crippen molar-refractivity contribution >= 4 is 34.6 Å². The number of aliphatic imine (C=N–C) groups is 1. The van der Waals surface area contributed by atoms with Gasteiger partial charge in [-0.05, 0) is 60.1 Å². The summed E-state index contributed by atoms with van der Waals surface area (Å²) in [6.45, 7) is 3.62. The molecule has 202 valence electrons. The van der Waals surface area contributed by atoms with Gasteiger partial charge in [-0.2, -0.15) is 0 Å². The molecule has 1 unspecified atom stereocenters. The van der Waals surface area contributed by atoms with Gasteiger partial charge in [0.1, 0.15) is 11.7 Å². The minimum Gasteiger partial charge on any atom is -0.325 e. The van der Waals surface area contributed by atoms with Crippen LogP contribution in [0, 0.1) is 5.82 Å². The SMILES string of the molecule is CC(=O)N(CCN(C)Cc1ccccc1)c1ccc(N=C(c2ccccc2)C2C(=O)Nc3cc(F)ccc32)cc1. The number of hydrogen-bond donors (Lipinski definition) is 1. The molecule has 1 aliphatic heterocycles. The number of amides is 2. The summed E-state index contributed by atoms with van der Waals surface area (Å²) in [6, 6.07) is 31.5. The van der Waals surface area contributed by atoms with E-state index in [-0.39, 0.29) is 11.8 Å². The number of hydrogen-bond acceptors (Lipinski definition) is 4. The second kappa shape index (κ2) is 12.1. The van der Waals surface area contributed by atoms with E-state index in [0.717, 1.165) is 17.8 Å². The summed E-state index contributed by atoms with van der Waals surface area (Å²) in [5.41, 5.74) is 5.17. The smallest absolute Gasteiger partial charge is 0.238 e. The van der Waals surface area contributed by atoms with Gasteiger partial charge in [0.2, 0.25) is 11.8 Å². The molecular weight excluding hydrogens is 503 g/mol. The molecule has 0 fully saturated rings. The maximum atomic E-state index is 13.8. The summed E-state index contributed by atoms with van der Waals surface area (Å²) in [5.74, 6) is -1.37. The van der Waals surface area contributed by atoms with Crippen LogP contribution in [0.4, 0.5) is 21.5 Å². The van der Waals surface area contributed by atoms with Gasteiger partial charge in [0, 0.05) is 37.9 Å². The highest BCUT2D eigenvalue weighted by Crippen LogP contribution is 2.37. The van der Waals surface area contributed by atoms with Crippen molar-refractivity contribution in [2.24, 2.45) is 4.99 Å². The van der Waals surface area contributed by atoms with Crippen molar-refractivity contribution in [3.05, 3.63) is 126 Å². The third kappa shape index (κ3) is 6.16. The molecule has 0 spiro atoms. The molecule has 0 aromatic heterocycles. The zero-order chi connectivity index (χ0) is 28.1. The van der Waals surface area contributed by atoms with Crippen LogP contribution in [0.5, 0.6) is 0 Å². The largest absolute Gasteiger partial charge is 0.325 e. The molecule has 1 atom stereocenters. The van der Waals surface area contributed by atoms with Gasteiger partial charge in [-0.25, -0.2) is 4.39 Å². The van der Waals surface area contributed by atoms with Crippen LogP contribution in [0.25, 0.3) is 0 Å². The molecule has 0 radical (unpaired) electrons. The predicted octanol–water partition coefficient (Wildman–Crippen LogP) is 6.17. The van der Waals surface area contributed by atoms with Gasteiger partial charge in [0.15, 0.2) is 0 Å². The number of halogens is 1. The molecule has 0 saturated carbocycles. The number of carbonyl (C=O) groups excluding carboxylic acids is 2. The minimum atomic E-state index is -0.674.